The summed E-state index contributed by atoms with van der Waals surface area (Å²) in [6, 6.07) is 7.58. The van der Waals surface area contributed by atoms with Gasteiger partial charge in [-0.1, -0.05) is 18.2 Å². The van der Waals surface area contributed by atoms with Crippen LogP contribution < -0.4 is 26.4 Å². The molecule has 2 aromatic carbocycles. The van der Waals surface area contributed by atoms with Gasteiger partial charge in [0.15, 0.2) is 23.1 Å². The van der Waals surface area contributed by atoms with Crippen molar-refractivity contribution in [1.82, 2.24) is 23.5 Å². The number of fused-ring (bicyclic) bond motifs is 4. The molecule has 48 heavy (non-hydrogen) atoms. The molecule has 3 aliphatic rings. The third-order valence-electron chi connectivity index (χ3n) is 9.45. The van der Waals surface area contributed by atoms with Crippen molar-refractivity contribution >= 4 is 38.5 Å². The molecule has 0 amide bonds. The van der Waals surface area contributed by atoms with Crippen molar-refractivity contribution in [2.75, 3.05) is 14.2 Å². The Morgan fingerprint density at radius 3 is 2.46 bits per heavy atom. The SMILES string of the molecule is COc1cc2nc(CCn3c(=O)n4n(c3=O)[C@@H]3CC5=C(C(=O)C=C(Br)C5=O)[C@@H](c5ccc(O)c(C)c5)C3=CC4)c(=O)n(C)c2cc1OC. The Morgan fingerprint density at radius 1 is 1.02 bits per heavy atom. The van der Waals surface area contributed by atoms with Gasteiger partial charge < -0.3 is 19.1 Å². The van der Waals surface area contributed by atoms with Crippen LogP contribution in [0.4, 0.5) is 0 Å². The van der Waals surface area contributed by atoms with Gasteiger partial charge in [-0.05, 0) is 45.6 Å². The second-order valence-corrected chi connectivity index (χ2v) is 12.8. The summed E-state index contributed by atoms with van der Waals surface area (Å²) >= 11 is 3.22. The van der Waals surface area contributed by atoms with Gasteiger partial charge in [-0.25, -0.2) is 28.5 Å². The van der Waals surface area contributed by atoms with E-state index in [-0.39, 0.29) is 64.6 Å². The van der Waals surface area contributed by atoms with E-state index in [1.165, 1.54) is 40.3 Å². The Labute approximate surface area is 280 Å². The number of allylic oxidation sites excluding steroid dienone is 6. The number of aryl methyl sites for hydroxylation is 3. The van der Waals surface area contributed by atoms with E-state index in [1.807, 2.05) is 6.08 Å². The standard InChI is InChI=1S/C34H30BrN5O8/c1-16-11-17(5-6-25(16)41)29-18-7-10-39-33(45)38(34(46)40(39)23(18)12-19-30(29)26(42)13-20(35)31(19)43)9-8-21-32(44)37(2)24-15-28(48-4)27(47-3)14-22(24)36-21/h5-7,11,13-15,23,29,41H,8-10,12H2,1-4H3/t23-,29+/m1/s1. The first kappa shape index (κ1) is 31.4. The molecule has 4 aromatic rings. The van der Waals surface area contributed by atoms with Crippen LogP contribution in [0.15, 0.2) is 78.1 Å². The Kier molecular flexibility index (Phi) is 7.50. The van der Waals surface area contributed by atoms with Crippen molar-refractivity contribution in [2.24, 2.45) is 7.05 Å². The molecule has 0 radical (unpaired) electrons. The maximum Gasteiger partial charge on any atom is 0.347 e. The number of carbonyl (C=O) groups is 2. The molecule has 1 aliphatic heterocycles. The molecule has 0 fully saturated rings. The Bertz CT molecular complexity index is 2390. The van der Waals surface area contributed by atoms with Gasteiger partial charge in [0.25, 0.3) is 5.56 Å². The first-order valence-corrected chi connectivity index (χ1v) is 16.0. The normalized spacial score (nSPS) is 18.7. The first-order valence-electron chi connectivity index (χ1n) is 15.2. The molecule has 2 atom stereocenters. The number of nitrogens with zero attached hydrogens (tertiary/aromatic N) is 5. The number of methoxy groups -OCH3 is 2. The highest BCUT2D eigenvalue weighted by atomic mass is 79.9. The number of carbonyl (C=O) groups excluding carboxylic acids is 2. The van der Waals surface area contributed by atoms with E-state index in [1.54, 1.807) is 38.2 Å². The van der Waals surface area contributed by atoms with E-state index in [4.69, 9.17) is 9.47 Å². The van der Waals surface area contributed by atoms with Crippen LogP contribution in [-0.4, -0.2) is 54.4 Å². The van der Waals surface area contributed by atoms with Gasteiger partial charge in [0, 0.05) is 61.7 Å². The Morgan fingerprint density at radius 2 is 1.75 bits per heavy atom. The average molecular weight is 717 g/mol. The highest BCUT2D eigenvalue weighted by Gasteiger charge is 2.45. The molecular formula is C34H30BrN5O8. The molecule has 1 N–H and O–H groups in total. The number of phenols is 1. The highest BCUT2D eigenvalue weighted by molar-refractivity contribution is 9.12. The number of hydrogen-bond donors (Lipinski definition) is 1. The molecule has 3 heterocycles. The predicted molar refractivity (Wildman–Crippen MR) is 178 cm³/mol. The van der Waals surface area contributed by atoms with E-state index < -0.39 is 23.3 Å². The molecular weight excluding hydrogens is 686 g/mol. The van der Waals surface area contributed by atoms with Crippen LogP contribution in [-0.2, 0) is 36.1 Å². The van der Waals surface area contributed by atoms with Crippen LogP contribution in [0.5, 0.6) is 17.2 Å². The van der Waals surface area contributed by atoms with Crippen LogP contribution in [0.2, 0.25) is 0 Å². The van der Waals surface area contributed by atoms with Crippen LogP contribution in [0.3, 0.4) is 0 Å². The molecule has 14 heteroatoms. The average Bonchev–Trinajstić information content (AvgIpc) is 3.32. The number of ether oxygens (including phenoxy) is 2. The Hall–Kier alpha value is -5.24. The van der Waals surface area contributed by atoms with Crippen molar-refractivity contribution in [2.45, 2.75) is 44.8 Å². The molecule has 2 aromatic heterocycles. The highest BCUT2D eigenvalue weighted by Crippen LogP contribution is 2.50. The van der Waals surface area contributed by atoms with Crippen molar-refractivity contribution in [3.05, 3.63) is 112 Å². The summed E-state index contributed by atoms with van der Waals surface area (Å²) in [7, 11) is 4.60. The number of ketones is 2. The fourth-order valence-corrected chi connectivity index (χ4v) is 7.49. The molecule has 0 spiro atoms. The summed E-state index contributed by atoms with van der Waals surface area (Å²) in [5.74, 6) is -0.387. The van der Waals surface area contributed by atoms with Gasteiger partial charge in [-0.3, -0.25) is 14.4 Å². The topological polar surface area (TPSA) is 157 Å². The zero-order chi connectivity index (χ0) is 34.2. The van der Waals surface area contributed by atoms with Crippen molar-refractivity contribution in [1.29, 1.82) is 0 Å². The molecule has 13 nitrogen and oxygen atoms in total. The van der Waals surface area contributed by atoms with Crippen LogP contribution >= 0.6 is 15.9 Å². The minimum absolute atomic E-state index is 0.00346. The lowest BCUT2D eigenvalue weighted by atomic mass is 9.68. The molecule has 246 valence electrons. The van der Waals surface area contributed by atoms with Crippen LogP contribution in [0.1, 0.15) is 35.2 Å². The third kappa shape index (κ3) is 4.65. The predicted octanol–water partition coefficient (Wildman–Crippen LogP) is 2.73. The van der Waals surface area contributed by atoms with E-state index in [2.05, 4.69) is 20.9 Å². The summed E-state index contributed by atoms with van der Waals surface area (Å²) in [5, 5.41) is 10.2. The second-order valence-electron chi connectivity index (χ2n) is 12.0. The number of benzene rings is 2. The van der Waals surface area contributed by atoms with E-state index in [0.29, 0.717) is 44.8 Å². The number of aromatic nitrogens is 5. The molecule has 0 unspecified atom stereocenters. The fraction of sp³-hybridized carbons (Fsp3) is 0.294. The van der Waals surface area contributed by atoms with E-state index in [9.17, 15) is 29.1 Å². The fourth-order valence-electron chi connectivity index (χ4n) is 7.05. The van der Waals surface area contributed by atoms with Gasteiger partial charge in [0.2, 0.25) is 0 Å². The van der Waals surface area contributed by atoms with Crippen LogP contribution in [0, 0.1) is 6.92 Å². The van der Waals surface area contributed by atoms with Gasteiger partial charge in [-0.15, -0.1) is 0 Å². The summed E-state index contributed by atoms with van der Waals surface area (Å²) in [6.45, 7) is 1.68. The maximum atomic E-state index is 14.1. The minimum atomic E-state index is -0.734. The van der Waals surface area contributed by atoms with Crippen LogP contribution in [0.25, 0.3) is 11.0 Å². The van der Waals surface area contributed by atoms with Gasteiger partial charge >= 0.3 is 11.4 Å². The molecule has 0 saturated heterocycles. The number of aromatic hydroxyl groups is 1. The zero-order valence-corrected chi connectivity index (χ0v) is 28.0. The van der Waals surface area contributed by atoms with Gasteiger partial charge in [0.05, 0.1) is 42.3 Å². The van der Waals surface area contributed by atoms with Gasteiger partial charge in [0.1, 0.15) is 11.4 Å². The monoisotopic (exact) mass is 715 g/mol. The summed E-state index contributed by atoms with van der Waals surface area (Å²) in [5.41, 5.74) is 2.18. The quantitative estimate of drug-likeness (QED) is 0.234. The van der Waals surface area contributed by atoms with Gasteiger partial charge in [-0.2, -0.15) is 0 Å². The lowest BCUT2D eigenvalue weighted by molar-refractivity contribution is -0.115. The molecule has 0 bridgehead atoms. The van der Waals surface area contributed by atoms with E-state index >= 15 is 0 Å². The largest absolute Gasteiger partial charge is 0.508 e. The molecule has 2 aliphatic carbocycles. The lowest BCUT2D eigenvalue weighted by Crippen LogP contribution is -2.40. The van der Waals surface area contributed by atoms with Crippen molar-refractivity contribution in [3.8, 4) is 17.2 Å². The zero-order valence-electron chi connectivity index (χ0n) is 26.4. The summed E-state index contributed by atoms with van der Waals surface area (Å²) < 4.78 is 16.1. The van der Waals surface area contributed by atoms with Crippen molar-refractivity contribution < 1.29 is 24.2 Å². The number of Topliss-reactive ketones (excluding diaryl/α,β-unsaturated/α-hetero) is 1. The minimum Gasteiger partial charge on any atom is -0.508 e. The number of phenolic OH excluding ortho intramolecular Hbond substituents is 1. The second kappa shape index (κ2) is 11.5. The first-order chi connectivity index (χ1) is 22.9. The third-order valence-corrected chi connectivity index (χ3v) is 10.0. The summed E-state index contributed by atoms with van der Waals surface area (Å²) in [6.07, 6.45) is 3.13. The smallest absolute Gasteiger partial charge is 0.347 e. The van der Waals surface area contributed by atoms with Crippen molar-refractivity contribution in [3.63, 3.8) is 0 Å². The summed E-state index contributed by atoms with van der Waals surface area (Å²) in [4.78, 5) is 72.5. The molecule has 7 rings (SSSR count). The number of halogens is 1. The number of hydrogen-bond acceptors (Lipinski definition) is 9. The maximum absolute atomic E-state index is 14.1. The molecule has 0 saturated carbocycles. The Balaban J connectivity index is 1.29. The number of rotatable bonds is 6. The van der Waals surface area contributed by atoms with E-state index in [0.717, 1.165) is 4.57 Å². The lowest BCUT2D eigenvalue weighted by Gasteiger charge is -2.39.